The van der Waals surface area contributed by atoms with E-state index in [2.05, 4.69) is 10.6 Å². The maximum absolute atomic E-state index is 14.1. The minimum absolute atomic E-state index is 0.0384. The molecule has 196 valence electrons. The molecular weight excluding hydrogens is 511 g/mol. The van der Waals surface area contributed by atoms with Crippen molar-refractivity contribution in [2.45, 2.75) is 31.9 Å². The highest BCUT2D eigenvalue weighted by Gasteiger charge is 2.37. The number of fused-ring (bicyclic) bond motifs is 2. The molecule has 1 unspecified atom stereocenters. The monoisotopic (exact) mass is 530 g/mol. The number of carbonyl (C=O) groups excluding carboxylic acids is 2. The average Bonchev–Trinajstić information content (AvgIpc) is 3.40. The number of nitrogens with one attached hydrogen (secondary N) is 2. The van der Waals surface area contributed by atoms with Gasteiger partial charge in [0, 0.05) is 33.8 Å². The number of halogens is 5. The Kier molecular flexibility index (Phi) is 5.98. The predicted octanol–water partition coefficient (Wildman–Crippen LogP) is 6.10. The largest absolute Gasteiger partial charge is 0.460 e. The second kappa shape index (κ2) is 8.95. The summed E-state index contributed by atoms with van der Waals surface area (Å²) >= 11 is 0. The lowest BCUT2D eigenvalue weighted by Gasteiger charge is -2.23. The van der Waals surface area contributed by atoms with Crippen LogP contribution in [0.4, 0.5) is 27.6 Å². The van der Waals surface area contributed by atoms with Crippen molar-refractivity contribution in [1.29, 1.82) is 0 Å². The van der Waals surface area contributed by atoms with E-state index in [4.69, 9.17) is 4.42 Å². The van der Waals surface area contributed by atoms with Crippen LogP contribution >= 0.6 is 0 Å². The van der Waals surface area contributed by atoms with E-state index in [1.165, 1.54) is 26.0 Å². The van der Waals surface area contributed by atoms with Crippen LogP contribution in [0.15, 0.2) is 53.1 Å². The molecule has 0 spiro atoms. The van der Waals surface area contributed by atoms with Crippen LogP contribution in [0.3, 0.4) is 0 Å². The highest BCUT2D eigenvalue weighted by molar-refractivity contribution is 6.13. The number of aliphatic hydroxyl groups is 1. The van der Waals surface area contributed by atoms with Gasteiger partial charge in [0.2, 0.25) is 0 Å². The Labute approximate surface area is 212 Å². The van der Waals surface area contributed by atoms with Crippen molar-refractivity contribution < 1.29 is 41.1 Å². The van der Waals surface area contributed by atoms with Crippen LogP contribution in [0.1, 0.15) is 69.3 Å². The number of hydrogen-bond donors (Lipinski definition) is 3. The Morgan fingerprint density at radius 3 is 2.50 bits per heavy atom. The van der Waals surface area contributed by atoms with E-state index in [9.17, 15) is 36.6 Å². The molecule has 38 heavy (non-hydrogen) atoms. The van der Waals surface area contributed by atoms with Crippen molar-refractivity contribution >= 4 is 28.5 Å². The highest BCUT2D eigenvalue weighted by Crippen LogP contribution is 2.42. The molecule has 0 radical (unpaired) electrons. The fraction of sp³-hybridized carbons (Fsp3) is 0.185. The average molecular weight is 530 g/mol. The number of rotatable bonds is 5. The molecule has 0 bridgehead atoms. The quantitative estimate of drug-likeness (QED) is 0.272. The zero-order valence-electron chi connectivity index (χ0n) is 19.8. The molecule has 1 aromatic heterocycles. The van der Waals surface area contributed by atoms with Crippen LogP contribution in [0.25, 0.3) is 11.0 Å². The van der Waals surface area contributed by atoms with Gasteiger partial charge in [0.15, 0.2) is 11.4 Å². The second-order valence-corrected chi connectivity index (χ2v) is 9.39. The summed E-state index contributed by atoms with van der Waals surface area (Å²) < 4.78 is 74.8. The molecule has 1 aliphatic rings. The van der Waals surface area contributed by atoms with Crippen LogP contribution in [-0.4, -0.2) is 16.9 Å². The Bertz CT molecular complexity index is 1620. The number of hydrogen-bond acceptors (Lipinski definition) is 4. The number of anilines is 1. The fourth-order valence-corrected chi connectivity index (χ4v) is 4.54. The molecule has 0 aliphatic carbocycles. The Morgan fingerprint density at radius 1 is 1.08 bits per heavy atom. The lowest BCUT2D eigenvalue weighted by Crippen LogP contribution is -2.22. The minimum atomic E-state index is -3.00. The van der Waals surface area contributed by atoms with Gasteiger partial charge in [-0.15, -0.1) is 0 Å². The standard InChI is InChI=1S/C27H19F5N2O4/c1-27(2,37)11-5-17-21(22(34-25(17)35)15-7-12(28)3-4-14(15)24(31)32)20(6-11)33-26(36)18-10-38-23-16(18)8-13(29)9-19(23)30/h3-10,22,24,37H,1-2H3,(H,33,36)(H,34,35). The van der Waals surface area contributed by atoms with Crippen molar-refractivity contribution in [2.24, 2.45) is 0 Å². The summed E-state index contributed by atoms with van der Waals surface area (Å²) in [5.74, 6) is -4.38. The van der Waals surface area contributed by atoms with Crippen molar-refractivity contribution in [3.8, 4) is 0 Å². The van der Waals surface area contributed by atoms with E-state index in [1.807, 2.05) is 0 Å². The van der Waals surface area contributed by atoms with Gasteiger partial charge in [0.05, 0.1) is 17.2 Å². The Morgan fingerprint density at radius 2 is 1.82 bits per heavy atom. The third-order valence-electron chi connectivity index (χ3n) is 6.38. The summed E-state index contributed by atoms with van der Waals surface area (Å²) in [7, 11) is 0. The van der Waals surface area contributed by atoms with Gasteiger partial charge in [-0.1, -0.05) is 6.07 Å². The summed E-state index contributed by atoms with van der Waals surface area (Å²) in [6.45, 7) is 2.86. The van der Waals surface area contributed by atoms with Gasteiger partial charge in [-0.25, -0.2) is 22.0 Å². The molecular formula is C27H19F5N2O4. The van der Waals surface area contributed by atoms with Gasteiger partial charge in [-0.05, 0) is 55.3 Å². The van der Waals surface area contributed by atoms with Crippen molar-refractivity contribution in [1.82, 2.24) is 5.32 Å². The number of amides is 2. The Hall–Kier alpha value is -4.25. The van der Waals surface area contributed by atoms with Gasteiger partial charge >= 0.3 is 0 Å². The summed E-state index contributed by atoms with van der Waals surface area (Å²) in [4.78, 5) is 26.2. The molecule has 1 aliphatic heterocycles. The molecule has 6 nitrogen and oxygen atoms in total. The topological polar surface area (TPSA) is 91.6 Å². The first-order chi connectivity index (χ1) is 17.8. The molecule has 3 aromatic carbocycles. The normalized spacial score (nSPS) is 15.2. The molecule has 1 atom stereocenters. The predicted molar refractivity (Wildman–Crippen MR) is 126 cm³/mol. The molecule has 2 amide bonds. The maximum atomic E-state index is 14.1. The molecule has 11 heteroatoms. The van der Waals surface area contributed by atoms with Crippen molar-refractivity contribution in [2.75, 3.05) is 5.32 Å². The van der Waals surface area contributed by atoms with Crippen LogP contribution < -0.4 is 10.6 Å². The summed E-state index contributed by atoms with van der Waals surface area (Å²) in [6.07, 6.45) is -2.08. The van der Waals surface area contributed by atoms with Crippen LogP contribution in [0, 0.1) is 17.5 Å². The van der Waals surface area contributed by atoms with Gasteiger partial charge < -0.3 is 20.2 Å². The fourth-order valence-electron chi connectivity index (χ4n) is 4.54. The van der Waals surface area contributed by atoms with E-state index in [0.29, 0.717) is 6.07 Å². The van der Waals surface area contributed by atoms with Crippen LogP contribution in [0.2, 0.25) is 0 Å². The lowest BCUT2D eigenvalue weighted by molar-refractivity contribution is 0.0784. The highest BCUT2D eigenvalue weighted by atomic mass is 19.3. The van der Waals surface area contributed by atoms with E-state index >= 15 is 0 Å². The first kappa shape index (κ1) is 25.4. The third-order valence-corrected chi connectivity index (χ3v) is 6.38. The molecule has 2 heterocycles. The number of carbonyl (C=O) groups is 2. The van der Waals surface area contributed by atoms with Gasteiger partial charge in [-0.3, -0.25) is 9.59 Å². The van der Waals surface area contributed by atoms with E-state index < -0.39 is 52.9 Å². The lowest BCUT2D eigenvalue weighted by atomic mass is 9.88. The zero-order valence-corrected chi connectivity index (χ0v) is 19.8. The molecule has 5 rings (SSSR count). The third kappa shape index (κ3) is 4.28. The SMILES string of the molecule is CC(C)(O)c1cc(NC(=O)c2coc3c(F)cc(F)cc23)c2c(c1)C(=O)NC2c1cc(F)ccc1C(F)F. The zero-order chi connectivity index (χ0) is 27.5. The van der Waals surface area contributed by atoms with Crippen LogP contribution in [-0.2, 0) is 5.60 Å². The molecule has 0 saturated heterocycles. The van der Waals surface area contributed by atoms with E-state index in [1.54, 1.807) is 0 Å². The van der Waals surface area contributed by atoms with Crippen molar-refractivity contribution in [3.63, 3.8) is 0 Å². The number of benzene rings is 3. The van der Waals surface area contributed by atoms with Gasteiger partial charge in [0.25, 0.3) is 18.2 Å². The van der Waals surface area contributed by atoms with E-state index in [0.717, 1.165) is 30.5 Å². The van der Waals surface area contributed by atoms with Gasteiger partial charge in [-0.2, -0.15) is 0 Å². The maximum Gasteiger partial charge on any atom is 0.264 e. The molecule has 0 saturated carbocycles. The van der Waals surface area contributed by atoms with Gasteiger partial charge in [0.1, 0.15) is 17.9 Å². The van der Waals surface area contributed by atoms with Crippen molar-refractivity contribution in [3.05, 3.63) is 99.6 Å². The first-order valence-corrected chi connectivity index (χ1v) is 11.3. The summed E-state index contributed by atoms with van der Waals surface area (Å²) in [5.41, 5.74) is -2.70. The van der Waals surface area contributed by atoms with E-state index in [-0.39, 0.29) is 44.5 Å². The summed E-state index contributed by atoms with van der Waals surface area (Å²) in [6, 6.07) is 5.55. The second-order valence-electron chi connectivity index (χ2n) is 9.39. The molecule has 3 N–H and O–H groups in total. The smallest absolute Gasteiger partial charge is 0.264 e. The molecule has 4 aromatic rings. The number of furan rings is 1. The first-order valence-electron chi connectivity index (χ1n) is 11.3. The van der Waals surface area contributed by atoms with Crippen LogP contribution in [0.5, 0.6) is 0 Å². The Balaban J connectivity index is 1.68. The number of alkyl halides is 2. The molecule has 0 fully saturated rings. The minimum Gasteiger partial charge on any atom is -0.460 e. The summed E-state index contributed by atoms with van der Waals surface area (Å²) in [5, 5.41) is 15.5.